The van der Waals surface area contributed by atoms with Gasteiger partial charge in [-0.05, 0) is 24.6 Å². The molecule has 8 heteroatoms. The van der Waals surface area contributed by atoms with Crippen LogP contribution in [-0.2, 0) is 13.2 Å². The van der Waals surface area contributed by atoms with Crippen LogP contribution in [0.4, 0.5) is 6.01 Å². The molecule has 0 aliphatic heterocycles. The van der Waals surface area contributed by atoms with Crippen molar-refractivity contribution in [3.8, 4) is 11.5 Å². The molecule has 21 heavy (non-hydrogen) atoms. The van der Waals surface area contributed by atoms with Crippen molar-refractivity contribution in [3.63, 3.8) is 0 Å². The quantitative estimate of drug-likeness (QED) is 0.810. The van der Waals surface area contributed by atoms with E-state index in [-0.39, 0.29) is 18.5 Å². The number of halogens is 1. The maximum absolute atomic E-state index is 8.85. The van der Waals surface area contributed by atoms with Crippen LogP contribution in [0.15, 0.2) is 16.5 Å². The van der Waals surface area contributed by atoms with Gasteiger partial charge in [0.25, 0.3) is 0 Å². The second-order valence-corrected chi connectivity index (χ2v) is 4.46. The first-order valence-corrected chi connectivity index (χ1v) is 6.72. The second kappa shape index (κ2) is 7.14. The van der Waals surface area contributed by atoms with E-state index in [4.69, 9.17) is 30.6 Å². The zero-order valence-electron chi connectivity index (χ0n) is 11.7. The molecule has 1 heterocycles. The fourth-order valence-corrected chi connectivity index (χ4v) is 2.01. The summed E-state index contributed by atoms with van der Waals surface area (Å²) < 4.78 is 15.9. The fraction of sp³-hybridized carbons (Fsp3) is 0.385. The topological polar surface area (TPSA) is 89.6 Å². The highest BCUT2D eigenvalue weighted by molar-refractivity contribution is 6.32. The van der Waals surface area contributed by atoms with Crippen LogP contribution in [0.3, 0.4) is 0 Å². The molecule has 0 unspecified atom stereocenters. The Balaban J connectivity index is 2.11. The van der Waals surface area contributed by atoms with Crippen LogP contribution in [0.25, 0.3) is 0 Å². The van der Waals surface area contributed by atoms with E-state index in [2.05, 4.69) is 15.5 Å². The van der Waals surface area contributed by atoms with E-state index in [1.165, 1.54) is 0 Å². The Kier molecular flexibility index (Phi) is 5.24. The van der Waals surface area contributed by atoms with Crippen molar-refractivity contribution >= 4 is 17.6 Å². The van der Waals surface area contributed by atoms with Crippen LogP contribution >= 0.6 is 11.6 Å². The molecule has 0 atom stereocenters. The SMILES string of the molecule is CCOc1c(Cl)cc(CNc2nnc(CO)o2)cc1OC. The van der Waals surface area contributed by atoms with Gasteiger partial charge in [0.2, 0.25) is 5.89 Å². The van der Waals surface area contributed by atoms with Crippen LogP contribution in [0.1, 0.15) is 18.4 Å². The third-order valence-electron chi connectivity index (χ3n) is 2.62. The monoisotopic (exact) mass is 313 g/mol. The molecular formula is C13H16ClN3O4. The summed E-state index contributed by atoms with van der Waals surface area (Å²) in [6, 6.07) is 3.81. The summed E-state index contributed by atoms with van der Waals surface area (Å²) in [5.41, 5.74) is 0.865. The minimum Gasteiger partial charge on any atom is -0.493 e. The first-order valence-electron chi connectivity index (χ1n) is 6.34. The molecule has 2 aromatic rings. The molecule has 1 aromatic carbocycles. The molecule has 0 radical (unpaired) electrons. The summed E-state index contributed by atoms with van der Waals surface area (Å²) in [6.07, 6.45) is 0. The summed E-state index contributed by atoms with van der Waals surface area (Å²) in [4.78, 5) is 0. The summed E-state index contributed by atoms with van der Waals surface area (Å²) in [5.74, 6) is 1.23. The van der Waals surface area contributed by atoms with Gasteiger partial charge in [-0.15, -0.1) is 5.10 Å². The molecule has 0 spiro atoms. The van der Waals surface area contributed by atoms with Gasteiger partial charge in [0.15, 0.2) is 11.5 Å². The largest absolute Gasteiger partial charge is 0.493 e. The standard InChI is InChI=1S/C13H16ClN3O4/c1-3-20-12-9(14)4-8(5-10(12)19-2)6-15-13-17-16-11(7-18)21-13/h4-5,18H,3,6-7H2,1-2H3,(H,15,17). The molecule has 1 aromatic heterocycles. The number of nitrogens with one attached hydrogen (secondary N) is 1. The van der Waals surface area contributed by atoms with Crippen molar-refractivity contribution in [3.05, 3.63) is 28.6 Å². The second-order valence-electron chi connectivity index (χ2n) is 4.05. The van der Waals surface area contributed by atoms with Crippen molar-refractivity contribution in [1.29, 1.82) is 0 Å². The lowest BCUT2D eigenvalue weighted by molar-refractivity contribution is 0.241. The number of nitrogens with zero attached hydrogens (tertiary/aromatic N) is 2. The highest BCUT2D eigenvalue weighted by Crippen LogP contribution is 2.36. The highest BCUT2D eigenvalue weighted by atomic mass is 35.5. The molecule has 114 valence electrons. The lowest BCUT2D eigenvalue weighted by Crippen LogP contribution is -2.02. The molecule has 0 aliphatic carbocycles. The number of ether oxygens (including phenoxy) is 2. The Morgan fingerprint density at radius 3 is 2.81 bits per heavy atom. The van der Waals surface area contributed by atoms with Gasteiger partial charge in [-0.3, -0.25) is 0 Å². The minimum absolute atomic E-state index is 0.153. The molecule has 2 rings (SSSR count). The first kappa shape index (κ1) is 15.4. The fourth-order valence-electron chi connectivity index (χ4n) is 1.73. The van der Waals surface area contributed by atoms with E-state index < -0.39 is 0 Å². The Morgan fingerprint density at radius 2 is 2.19 bits per heavy atom. The number of methoxy groups -OCH3 is 1. The number of benzene rings is 1. The van der Waals surface area contributed by atoms with Crippen molar-refractivity contribution < 1.29 is 19.0 Å². The maximum atomic E-state index is 8.85. The average Bonchev–Trinajstić information content (AvgIpc) is 2.95. The lowest BCUT2D eigenvalue weighted by Gasteiger charge is -2.13. The van der Waals surface area contributed by atoms with E-state index in [0.29, 0.717) is 29.7 Å². The predicted molar refractivity (Wildman–Crippen MR) is 76.7 cm³/mol. The molecule has 7 nitrogen and oxygen atoms in total. The van der Waals surface area contributed by atoms with Gasteiger partial charge in [0.05, 0.1) is 18.7 Å². The summed E-state index contributed by atoms with van der Waals surface area (Å²) >= 11 is 6.18. The zero-order chi connectivity index (χ0) is 15.2. The summed E-state index contributed by atoms with van der Waals surface area (Å²) in [7, 11) is 1.55. The smallest absolute Gasteiger partial charge is 0.315 e. The van der Waals surface area contributed by atoms with Crippen molar-refractivity contribution in [2.45, 2.75) is 20.1 Å². The molecule has 0 fully saturated rings. The van der Waals surface area contributed by atoms with Gasteiger partial charge in [-0.1, -0.05) is 16.7 Å². The maximum Gasteiger partial charge on any atom is 0.315 e. The van der Waals surface area contributed by atoms with E-state index in [0.717, 1.165) is 5.56 Å². The van der Waals surface area contributed by atoms with Gasteiger partial charge < -0.3 is 24.3 Å². The minimum atomic E-state index is -0.294. The number of aliphatic hydroxyl groups is 1. The molecule has 0 aliphatic rings. The van der Waals surface area contributed by atoms with Crippen molar-refractivity contribution in [1.82, 2.24) is 10.2 Å². The van der Waals surface area contributed by atoms with Crippen LogP contribution in [0.2, 0.25) is 5.02 Å². The Bertz CT molecular complexity index is 603. The number of rotatable bonds is 7. The number of hydrogen-bond donors (Lipinski definition) is 2. The Labute approximate surface area is 126 Å². The van der Waals surface area contributed by atoms with Gasteiger partial charge in [-0.25, -0.2) is 0 Å². The van der Waals surface area contributed by atoms with Crippen LogP contribution in [0.5, 0.6) is 11.5 Å². The molecular weight excluding hydrogens is 298 g/mol. The van der Waals surface area contributed by atoms with E-state index in [9.17, 15) is 0 Å². The van der Waals surface area contributed by atoms with Crippen molar-refractivity contribution in [2.24, 2.45) is 0 Å². The predicted octanol–water partition coefficient (Wildman–Crippen LogP) is 2.23. The normalized spacial score (nSPS) is 10.5. The van der Waals surface area contributed by atoms with Crippen molar-refractivity contribution in [2.75, 3.05) is 19.0 Å². The number of anilines is 1. The molecule has 0 bridgehead atoms. The Hall–Kier alpha value is -1.99. The van der Waals surface area contributed by atoms with E-state index in [1.807, 2.05) is 13.0 Å². The molecule has 0 saturated carbocycles. The van der Waals surface area contributed by atoms with E-state index in [1.54, 1.807) is 13.2 Å². The zero-order valence-corrected chi connectivity index (χ0v) is 12.5. The number of aliphatic hydroxyl groups excluding tert-OH is 1. The average molecular weight is 314 g/mol. The number of hydrogen-bond acceptors (Lipinski definition) is 7. The number of aromatic nitrogens is 2. The van der Waals surface area contributed by atoms with Gasteiger partial charge in [0, 0.05) is 6.54 Å². The first-order chi connectivity index (χ1) is 10.2. The summed E-state index contributed by atoms with van der Waals surface area (Å²) in [6.45, 7) is 2.49. The van der Waals surface area contributed by atoms with Crippen LogP contribution < -0.4 is 14.8 Å². The van der Waals surface area contributed by atoms with Gasteiger partial charge in [-0.2, -0.15) is 0 Å². The highest BCUT2D eigenvalue weighted by Gasteiger charge is 2.12. The van der Waals surface area contributed by atoms with Gasteiger partial charge >= 0.3 is 6.01 Å². The molecule has 0 saturated heterocycles. The lowest BCUT2D eigenvalue weighted by atomic mass is 10.2. The Morgan fingerprint density at radius 1 is 1.38 bits per heavy atom. The van der Waals surface area contributed by atoms with Crippen LogP contribution in [-0.4, -0.2) is 29.0 Å². The molecule has 0 amide bonds. The van der Waals surface area contributed by atoms with E-state index >= 15 is 0 Å². The summed E-state index contributed by atoms with van der Waals surface area (Å²) in [5, 5.41) is 19.6. The van der Waals surface area contributed by atoms with Gasteiger partial charge in [0.1, 0.15) is 6.61 Å². The third kappa shape index (κ3) is 3.77. The third-order valence-corrected chi connectivity index (χ3v) is 2.90. The molecule has 2 N–H and O–H groups in total. The van der Waals surface area contributed by atoms with Crippen LogP contribution in [0, 0.1) is 0 Å².